The Hall–Kier alpha value is -0.460. The van der Waals surface area contributed by atoms with E-state index in [-0.39, 0.29) is 11.4 Å². The zero-order chi connectivity index (χ0) is 12.5. The molecule has 1 heterocycles. The van der Waals surface area contributed by atoms with Crippen LogP contribution in [0.2, 0.25) is 0 Å². The van der Waals surface area contributed by atoms with Gasteiger partial charge < -0.3 is 0 Å². The van der Waals surface area contributed by atoms with Crippen molar-refractivity contribution in [1.29, 1.82) is 0 Å². The minimum absolute atomic E-state index is 0.317. The molecule has 5 nitrogen and oxygen atoms in total. The molecule has 0 aromatic heterocycles. The fourth-order valence-electron chi connectivity index (χ4n) is 1.22. The monoisotopic (exact) mass is 264 g/mol. The molecule has 1 amide bonds. The molecule has 0 radical (unpaired) electrons. The van der Waals surface area contributed by atoms with Gasteiger partial charge >= 0.3 is 0 Å². The highest BCUT2D eigenvalue weighted by Crippen LogP contribution is 2.26. The van der Waals surface area contributed by atoms with Gasteiger partial charge in [-0.25, -0.2) is 10.9 Å². The van der Waals surface area contributed by atoms with Crippen LogP contribution in [-0.4, -0.2) is 37.9 Å². The quantitative estimate of drug-likeness (QED) is 0.337. The van der Waals surface area contributed by atoms with E-state index in [0.717, 1.165) is 10.8 Å². The molecule has 0 aromatic rings. The van der Waals surface area contributed by atoms with Gasteiger partial charge in [-0.15, -0.1) is 5.10 Å². The van der Waals surface area contributed by atoms with E-state index in [2.05, 4.69) is 5.10 Å². The van der Waals surface area contributed by atoms with Crippen molar-refractivity contribution in [3.63, 3.8) is 0 Å². The number of carbonyl (C=O) groups is 1. The second-order valence-electron chi connectivity index (χ2n) is 4.38. The molecule has 0 spiro atoms. The summed E-state index contributed by atoms with van der Waals surface area (Å²) in [5.41, 5.74) is -1.16. The SMILES string of the molecule is CCSC1=NN(C(C)(C)C)C(Cl)C(=O)N1N. The number of nitrogens with two attached hydrogens (primary N) is 1. The molecule has 0 aromatic carbocycles. The van der Waals surface area contributed by atoms with Crippen LogP contribution in [0.25, 0.3) is 0 Å². The van der Waals surface area contributed by atoms with Crippen molar-refractivity contribution in [2.75, 3.05) is 5.75 Å². The summed E-state index contributed by atoms with van der Waals surface area (Å²) >= 11 is 7.43. The van der Waals surface area contributed by atoms with E-state index in [9.17, 15) is 4.79 Å². The molecule has 92 valence electrons. The third kappa shape index (κ3) is 2.61. The predicted octanol–water partition coefficient (Wildman–Crippen LogP) is 1.39. The summed E-state index contributed by atoms with van der Waals surface area (Å²) in [4.78, 5) is 11.8. The molecule has 1 aliphatic heterocycles. The smallest absolute Gasteiger partial charge is 0.269 e. The summed E-state index contributed by atoms with van der Waals surface area (Å²) in [6.45, 7) is 7.80. The van der Waals surface area contributed by atoms with E-state index in [0.29, 0.717) is 5.17 Å². The average Bonchev–Trinajstić information content (AvgIpc) is 2.17. The third-order valence-electron chi connectivity index (χ3n) is 2.02. The lowest BCUT2D eigenvalue weighted by Gasteiger charge is -2.40. The maximum Gasteiger partial charge on any atom is 0.282 e. The van der Waals surface area contributed by atoms with Crippen LogP contribution in [0.4, 0.5) is 0 Å². The fraction of sp³-hybridized carbons (Fsp3) is 0.778. The first kappa shape index (κ1) is 13.6. The number of carbonyl (C=O) groups excluding carboxylic acids is 1. The molecule has 2 N–H and O–H groups in total. The van der Waals surface area contributed by atoms with Crippen LogP contribution >= 0.6 is 23.4 Å². The molecule has 1 rings (SSSR count). The summed E-state index contributed by atoms with van der Waals surface area (Å²) in [5, 5.41) is 7.41. The summed E-state index contributed by atoms with van der Waals surface area (Å²) in [6, 6.07) is 0. The highest BCUT2D eigenvalue weighted by atomic mass is 35.5. The van der Waals surface area contributed by atoms with Gasteiger partial charge in [0, 0.05) is 0 Å². The molecule has 0 bridgehead atoms. The lowest BCUT2D eigenvalue weighted by molar-refractivity contribution is -0.133. The van der Waals surface area contributed by atoms with E-state index < -0.39 is 5.50 Å². The van der Waals surface area contributed by atoms with Crippen LogP contribution in [0.5, 0.6) is 0 Å². The standard InChI is InChI=1S/C9H17ClN4OS/c1-5-16-8-12-14(9(2,3)4)6(10)7(15)13(8)11/h6H,5,11H2,1-4H3. The molecule has 0 aliphatic carbocycles. The fourth-order valence-corrected chi connectivity index (χ4v) is 2.30. The van der Waals surface area contributed by atoms with Crippen molar-refractivity contribution in [2.24, 2.45) is 10.9 Å². The van der Waals surface area contributed by atoms with Gasteiger partial charge in [0.2, 0.25) is 10.7 Å². The number of thioether (sulfide) groups is 1. The lowest BCUT2D eigenvalue weighted by Crippen LogP contribution is -2.58. The van der Waals surface area contributed by atoms with Gasteiger partial charge in [0.1, 0.15) is 0 Å². The number of amides is 1. The predicted molar refractivity (Wildman–Crippen MR) is 67.8 cm³/mol. The molecular formula is C9H17ClN4OS. The topological polar surface area (TPSA) is 61.9 Å². The number of rotatable bonds is 1. The van der Waals surface area contributed by atoms with Crippen molar-refractivity contribution in [2.45, 2.75) is 38.7 Å². The minimum Gasteiger partial charge on any atom is -0.269 e. The maximum absolute atomic E-state index is 11.8. The van der Waals surface area contributed by atoms with E-state index in [1.54, 1.807) is 5.01 Å². The van der Waals surface area contributed by atoms with Gasteiger partial charge in [-0.3, -0.25) is 9.80 Å². The van der Waals surface area contributed by atoms with Gasteiger partial charge in [-0.1, -0.05) is 30.3 Å². The first-order valence-corrected chi connectivity index (χ1v) is 6.44. The van der Waals surface area contributed by atoms with Gasteiger partial charge in [0.25, 0.3) is 5.91 Å². The molecule has 16 heavy (non-hydrogen) atoms. The first-order valence-electron chi connectivity index (χ1n) is 5.02. The van der Waals surface area contributed by atoms with Gasteiger partial charge in [0.05, 0.1) is 5.54 Å². The largest absolute Gasteiger partial charge is 0.282 e. The van der Waals surface area contributed by atoms with Crippen molar-refractivity contribution in [1.82, 2.24) is 10.0 Å². The Balaban J connectivity index is 3.05. The van der Waals surface area contributed by atoms with Gasteiger partial charge in [-0.2, -0.15) is 0 Å². The summed E-state index contributed by atoms with van der Waals surface area (Å²) in [6.07, 6.45) is 0. The Morgan fingerprint density at radius 2 is 2.12 bits per heavy atom. The Kier molecular flexibility index (Phi) is 4.09. The van der Waals surface area contributed by atoms with Crippen LogP contribution in [0, 0.1) is 0 Å². The van der Waals surface area contributed by atoms with E-state index >= 15 is 0 Å². The zero-order valence-electron chi connectivity index (χ0n) is 9.90. The molecule has 1 atom stereocenters. The van der Waals surface area contributed by atoms with E-state index in [1.807, 2.05) is 27.7 Å². The molecule has 0 saturated heterocycles. The molecular weight excluding hydrogens is 248 g/mol. The second-order valence-corrected chi connectivity index (χ2v) is 6.02. The lowest BCUT2D eigenvalue weighted by atomic mass is 10.1. The minimum atomic E-state index is -0.841. The average molecular weight is 265 g/mol. The van der Waals surface area contributed by atoms with Gasteiger partial charge in [0.15, 0.2) is 0 Å². The van der Waals surface area contributed by atoms with Crippen molar-refractivity contribution in [3.8, 4) is 0 Å². The number of alkyl halides is 1. The number of hydrogen-bond donors (Lipinski definition) is 1. The maximum atomic E-state index is 11.8. The molecule has 0 fully saturated rings. The summed E-state index contributed by atoms with van der Waals surface area (Å²) < 4.78 is 0. The van der Waals surface area contributed by atoms with Crippen molar-refractivity contribution >= 4 is 34.4 Å². The zero-order valence-corrected chi connectivity index (χ0v) is 11.5. The normalized spacial score (nSPS) is 22.5. The van der Waals surface area contributed by atoms with Crippen LogP contribution < -0.4 is 5.84 Å². The number of hydrogen-bond acceptors (Lipinski definition) is 5. The van der Waals surface area contributed by atoms with Gasteiger partial charge in [-0.05, 0) is 26.5 Å². The van der Waals surface area contributed by atoms with Crippen molar-refractivity contribution < 1.29 is 4.79 Å². The Morgan fingerprint density at radius 3 is 2.56 bits per heavy atom. The van der Waals surface area contributed by atoms with E-state index in [1.165, 1.54) is 11.8 Å². The number of nitrogens with zero attached hydrogens (tertiary/aromatic N) is 3. The number of hydrazone groups is 1. The summed E-state index contributed by atoms with van der Waals surface area (Å²) in [7, 11) is 0. The van der Waals surface area contributed by atoms with Crippen LogP contribution in [0.15, 0.2) is 5.10 Å². The molecule has 0 saturated carbocycles. The number of halogens is 1. The molecule has 7 heteroatoms. The highest BCUT2D eigenvalue weighted by Gasteiger charge is 2.39. The summed E-state index contributed by atoms with van der Waals surface area (Å²) in [5.74, 6) is 6.08. The first-order chi connectivity index (χ1) is 7.29. The van der Waals surface area contributed by atoms with Crippen molar-refractivity contribution in [3.05, 3.63) is 0 Å². The highest BCUT2D eigenvalue weighted by molar-refractivity contribution is 8.13. The van der Waals surface area contributed by atoms with E-state index in [4.69, 9.17) is 17.4 Å². The molecule has 1 aliphatic rings. The van der Waals surface area contributed by atoms with Crippen LogP contribution in [0.1, 0.15) is 27.7 Å². The Morgan fingerprint density at radius 1 is 1.56 bits per heavy atom. The van der Waals surface area contributed by atoms with Crippen LogP contribution in [0.3, 0.4) is 0 Å². The van der Waals surface area contributed by atoms with Crippen LogP contribution in [-0.2, 0) is 4.79 Å². The Bertz CT molecular complexity index is 315. The second kappa shape index (κ2) is 4.81. The third-order valence-corrected chi connectivity index (χ3v) is 3.21. The number of hydrazine groups is 1. The molecule has 1 unspecified atom stereocenters. The number of amidine groups is 1. The Labute approximate surface area is 105 Å².